The number of alkyl halides is 6. The smallest absolute Gasteiger partial charge is 0.371 e. The maximum Gasteiger partial charge on any atom is 0.416 e. The molecule has 0 saturated carbocycles. The lowest BCUT2D eigenvalue weighted by Crippen LogP contribution is -2.40. The van der Waals surface area contributed by atoms with Crippen LogP contribution in [0.1, 0.15) is 47.2 Å². The fourth-order valence-electron chi connectivity index (χ4n) is 5.26. The van der Waals surface area contributed by atoms with Gasteiger partial charge in [-0.15, -0.1) is 0 Å². The van der Waals surface area contributed by atoms with Crippen LogP contribution in [0.3, 0.4) is 0 Å². The highest BCUT2D eigenvalue weighted by Gasteiger charge is 2.38. The third-order valence-corrected chi connectivity index (χ3v) is 7.22. The maximum absolute atomic E-state index is 13.4. The molecule has 5 rings (SSSR count). The summed E-state index contributed by atoms with van der Waals surface area (Å²) in [5.74, 6) is 0. The van der Waals surface area contributed by atoms with Gasteiger partial charge in [0.2, 0.25) is 0 Å². The van der Waals surface area contributed by atoms with Crippen molar-refractivity contribution in [2.24, 2.45) is 0 Å². The second-order valence-electron chi connectivity index (χ2n) is 9.96. The van der Waals surface area contributed by atoms with Crippen LogP contribution in [-0.4, -0.2) is 18.0 Å². The maximum atomic E-state index is 13.4. The van der Waals surface area contributed by atoms with Gasteiger partial charge in [0.15, 0.2) is 0 Å². The summed E-state index contributed by atoms with van der Waals surface area (Å²) in [6.45, 7) is 1.57. The van der Waals surface area contributed by atoms with Crippen LogP contribution in [0.15, 0.2) is 88.5 Å². The lowest BCUT2D eigenvalue weighted by atomic mass is 9.91. The van der Waals surface area contributed by atoms with E-state index in [0.29, 0.717) is 12.1 Å². The molecule has 0 bridgehead atoms. The normalized spacial score (nSPS) is 16.0. The Balaban J connectivity index is 1.56. The van der Waals surface area contributed by atoms with E-state index in [0.717, 1.165) is 37.1 Å². The molecule has 0 aliphatic carbocycles. The number of hydrogen-bond acceptors (Lipinski definition) is 5. The van der Waals surface area contributed by atoms with Crippen molar-refractivity contribution in [3.63, 3.8) is 0 Å². The Hall–Kier alpha value is -4.12. The van der Waals surface area contributed by atoms with E-state index in [4.69, 9.17) is 0 Å². The highest BCUT2D eigenvalue weighted by atomic mass is 19.4. The highest BCUT2D eigenvalue weighted by Crippen LogP contribution is 2.41. The van der Waals surface area contributed by atoms with E-state index in [-0.39, 0.29) is 17.8 Å². The summed E-state index contributed by atoms with van der Waals surface area (Å²) in [6, 6.07) is 18.8. The number of benzene rings is 3. The first-order valence-electron chi connectivity index (χ1n) is 12.9. The minimum Gasteiger partial charge on any atom is -0.371 e. The molecule has 11 heteroatoms. The monoisotopic (exact) mass is 573 g/mol. The van der Waals surface area contributed by atoms with Gasteiger partial charge < -0.3 is 10.6 Å². The van der Waals surface area contributed by atoms with Crippen molar-refractivity contribution in [3.8, 4) is 0 Å². The average molecular weight is 574 g/mol. The van der Waals surface area contributed by atoms with Gasteiger partial charge in [-0.3, -0.25) is 14.5 Å². The van der Waals surface area contributed by atoms with Gasteiger partial charge in [0.25, 0.3) is 10.9 Å². The number of likely N-dealkylation sites (tertiary alicyclic amines) is 1. The molecule has 0 amide bonds. The molecule has 4 aromatic rings. The molecule has 0 aromatic heterocycles. The lowest BCUT2D eigenvalue weighted by Gasteiger charge is -2.37. The Morgan fingerprint density at radius 3 is 1.66 bits per heavy atom. The Kier molecular flexibility index (Phi) is 7.65. The largest absolute Gasteiger partial charge is 0.416 e. The van der Waals surface area contributed by atoms with Crippen molar-refractivity contribution in [3.05, 3.63) is 122 Å². The Morgan fingerprint density at radius 1 is 0.659 bits per heavy atom. The molecule has 1 heterocycles. The molecule has 1 aliphatic heterocycles. The Labute approximate surface area is 231 Å². The van der Waals surface area contributed by atoms with E-state index in [1.54, 1.807) is 0 Å². The number of nitrogens with one attached hydrogen (secondary N) is 2. The highest BCUT2D eigenvalue weighted by molar-refractivity contribution is 5.79. The quantitative estimate of drug-likeness (QED) is 0.175. The third kappa shape index (κ3) is 6.00. The first-order chi connectivity index (χ1) is 19.4. The van der Waals surface area contributed by atoms with Crippen LogP contribution in [0.4, 0.5) is 43.4 Å². The van der Waals surface area contributed by atoms with Gasteiger partial charge in [-0.1, -0.05) is 60.7 Å². The van der Waals surface area contributed by atoms with Crippen LogP contribution < -0.4 is 21.5 Å². The Bertz CT molecular complexity index is 1540. The topological polar surface area (TPSA) is 61.4 Å². The molecule has 4 aromatic carbocycles. The van der Waals surface area contributed by atoms with Crippen LogP contribution >= 0.6 is 0 Å². The van der Waals surface area contributed by atoms with Crippen molar-refractivity contribution in [2.75, 3.05) is 23.7 Å². The number of halogens is 6. The number of rotatable bonds is 8. The fourth-order valence-corrected chi connectivity index (χ4v) is 5.26. The zero-order valence-corrected chi connectivity index (χ0v) is 21.5. The summed E-state index contributed by atoms with van der Waals surface area (Å²) in [5, 5.41) is 5.52. The van der Waals surface area contributed by atoms with E-state index in [9.17, 15) is 35.9 Å². The first kappa shape index (κ1) is 28.4. The third-order valence-electron chi connectivity index (χ3n) is 7.22. The Morgan fingerprint density at radius 2 is 1.15 bits per heavy atom. The predicted octanol–water partition coefficient (Wildman–Crippen LogP) is 7.05. The lowest BCUT2D eigenvalue weighted by molar-refractivity contribution is -0.143. The second kappa shape index (κ2) is 11.0. The van der Waals surface area contributed by atoms with Crippen LogP contribution in [-0.2, 0) is 12.4 Å². The van der Waals surface area contributed by atoms with Gasteiger partial charge in [-0.05, 0) is 55.3 Å². The van der Waals surface area contributed by atoms with Crippen LogP contribution in [0.25, 0.3) is 0 Å². The minimum atomic E-state index is -5.07. The molecule has 2 N–H and O–H groups in total. The van der Waals surface area contributed by atoms with Crippen LogP contribution in [0.5, 0.6) is 0 Å². The standard InChI is InChI=1S/C30H25F6N3O2/c31-29(32,33)20-15-21(30(34,35)36)17-22(16-20)37-24-25(28(41)27(24)40)38-23(18-9-3-1-4-10-18)26(39-13-7-8-14-39)19-11-5-2-6-12-19/h1-6,9-12,15-17,23,26,37-38H,7-8,13-14H2/t23-,26-/m0/s1. The molecule has 214 valence electrons. The molecule has 0 radical (unpaired) electrons. The van der Waals surface area contributed by atoms with Crippen molar-refractivity contribution in [1.29, 1.82) is 0 Å². The van der Waals surface area contributed by atoms with Crippen molar-refractivity contribution < 1.29 is 26.3 Å². The molecule has 1 aliphatic rings. The zero-order chi connectivity index (χ0) is 29.4. The van der Waals surface area contributed by atoms with E-state index in [1.807, 2.05) is 60.7 Å². The fraction of sp³-hybridized carbons (Fsp3) is 0.267. The summed E-state index contributed by atoms with van der Waals surface area (Å²) in [7, 11) is 0. The van der Waals surface area contributed by atoms with Crippen molar-refractivity contribution in [2.45, 2.75) is 37.3 Å². The average Bonchev–Trinajstić information content (AvgIpc) is 3.48. The molecule has 1 saturated heterocycles. The first-order valence-corrected chi connectivity index (χ1v) is 12.9. The molecular formula is C30H25F6N3O2. The van der Waals surface area contributed by atoms with Crippen molar-refractivity contribution >= 4 is 17.1 Å². The van der Waals surface area contributed by atoms with Gasteiger partial charge in [0.05, 0.1) is 23.2 Å². The number of nitrogens with zero attached hydrogens (tertiary/aromatic N) is 1. The minimum absolute atomic E-state index is 0.00158. The van der Waals surface area contributed by atoms with Gasteiger partial charge >= 0.3 is 12.4 Å². The summed E-state index contributed by atoms with van der Waals surface area (Å²) in [6.07, 6.45) is -8.20. The molecule has 1 fully saturated rings. The SMILES string of the molecule is O=c1c(Nc2cc(C(F)(F)F)cc(C(F)(F)F)c2)c(N[C@@H](c2ccccc2)[C@H](c2ccccc2)N2CCCC2)c1=O. The molecule has 2 atom stereocenters. The molecule has 0 spiro atoms. The number of anilines is 3. The van der Waals surface area contributed by atoms with Gasteiger partial charge in [-0.2, -0.15) is 26.3 Å². The van der Waals surface area contributed by atoms with E-state index in [2.05, 4.69) is 15.5 Å². The summed E-state index contributed by atoms with van der Waals surface area (Å²) in [4.78, 5) is 27.6. The summed E-state index contributed by atoms with van der Waals surface area (Å²) in [5.41, 5.74) is -4.51. The zero-order valence-electron chi connectivity index (χ0n) is 21.5. The molecular weight excluding hydrogens is 548 g/mol. The van der Waals surface area contributed by atoms with Crippen molar-refractivity contribution in [1.82, 2.24) is 4.90 Å². The summed E-state index contributed by atoms with van der Waals surface area (Å²) < 4.78 is 80.4. The predicted molar refractivity (Wildman–Crippen MR) is 144 cm³/mol. The molecule has 5 nitrogen and oxygen atoms in total. The van der Waals surface area contributed by atoms with Crippen LogP contribution in [0, 0.1) is 0 Å². The second-order valence-corrected chi connectivity index (χ2v) is 9.96. The van der Waals surface area contributed by atoms with Gasteiger partial charge in [-0.25, -0.2) is 0 Å². The molecule has 0 unspecified atom stereocenters. The summed E-state index contributed by atoms with van der Waals surface area (Å²) >= 11 is 0. The van der Waals surface area contributed by atoms with Gasteiger partial charge in [0, 0.05) is 5.69 Å². The van der Waals surface area contributed by atoms with Crippen LogP contribution in [0.2, 0.25) is 0 Å². The van der Waals surface area contributed by atoms with E-state index >= 15 is 0 Å². The molecule has 41 heavy (non-hydrogen) atoms. The number of hydrogen-bond donors (Lipinski definition) is 2. The van der Waals surface area contributed by atoms with E-state index < -0.39 is 51.8 Å². The van der Waals surface area contributed by atoms with E-state index in [1.165, 1.54) is 0 Å². The van der Waals surface area contributed by atoms with Gasteiger partial charge in [0.1, 0.15) is 11.4 Å².